The summed E-state index contributed by atoms with van der Waals surface area (Å²) >= 11 is 0. The SMILES string of the molecule is COC(=O)C1Cc2ccc(CC(C)C)cc2O1. The highest BCUT2D eigenvalue weighted by Crippen LogP contribution is 2.30. The lowest BCUT2D eigenvalue weighted by atomic mass is 10.0. The Morgan fingerprint density at radius 1 is 1.53 bits per heavy atom. The number of benzene rings is 1. The lowest BCUT2D eigenvalue weighted by molar-refractivity contribution is -0.147. The number of hydrogen-bond acceptors (Lipinski definition) is 3. The van der Waals surface area contributed by atoms with Crippen LogP contribution in [0.3, 0.4) is 0 Å². The highest BCUT2D eigenvalue weighted by molar-refractivity contribution is 5.76. The lowest BCUT2D eigenvalue weighted by Gasteiger charge is -2.08. The molecule has 0 saturated carbocycles. The van der Waals surface area contributed by atoms with E-state index in [1.807, 2.05) is 6.07 Å². The van der Waals surface area contributed by atoms with Crippen LogP contribution in [0.1, 0.15) is 25.0 Å². The van der Waals surface area contributed by atoms with Crippen LogP contribution in [0.4, 0.5) is 0 Å². The van der Waals surface area contributed by atoms with Crippen LogP contribution >= 0.6 is 0 Å². The first-order valence-corrected chi connectivity index (χ1v) is 5.96. The summed E-state index contributed by atoms with van der Waals surface area (Å²) in [5, 5.41) is 0. The van der Waals surface area contributed by atoms with E-state index in [2.05, 4.69) is 26.0 Å². The minimum absolute atomic E-state index is 0.299. The standard InChI is InChI=1S/C14H18O3/c1-9(2)6-10-4-5-11-8-13(14(15)16-3)17-12(11)7-10/h4-5,7,9,13H,6,8H2,1-3H3. The van der Waals surface area contributed by atoms with Gasteiger partial charge in [0.1, 0.15) is 5.75 Å². The quantitative estimate of drug-likeness (QED) is 0.753. The van der Waals surface area contributed by atoms with Crippen molar-refractivity contribution in [2.45, 2.75) is 32.8 Å². The van der Waals surface area contributed by atoms with Gasteiger partial charge in [-0.15, -0.1) is 0 Å². The maximum atomic E-state index is 11.4. The summed E-state index contributed by atoms with van der Waals surface area (Å²) in [6, 6.07) is 6.20. The Morgan fingerprint density at radius 3 is 2.94 bits per heavy atom. The Balaban J connectivity index is 2.13. The van der Waals surface area contributed by atoms with Crippen molar-refractivity contribution in [3.8, 4) is 5.75 Å². The summed E-state index contributed by atoms with van der Waals surface area (Å²) in [5.41, 5.74) is 2.34. The van der Waals surface area contributed by atoms with Gasteiger partial charge in [-0.3, -0.25) is 0 Å². The van der Waals surface area contributed by atoms with Crippen LogP contribution in [0.5, 0.6) is 5.75 Å². The number of rotatable bonds is 3. The molecular weight excluding hydrogens is 216 g/mol. The zero-order valence-corrected chi connectivity index (χ0v) is 10.5. The predicted octanol–water partition coefficient (Wildman–Crippen LogP) is 2.36. The van der Waals surface area contributed by atoms with Crippen LogP contribution in [-0.2, 0) is 22.4 Å². The summed E-state index contributed by atoms with van der Waals surface area (Å²) in [6.45, 7) is 4.37. The second kappa shape index (κ2) is 4.78. The smallest absolute Gasteiger partial charge is 0.347 e. The van der Waals surface area contributed by atoms with Crippen molar-refractivity contribution >= 4 is 5.97 Å². The highest BCUT2D eigenvalue weighted by Gasteiger charge is 2.29. The Kier molecular flexibility index (Phi) is 3.36. The molecule has 1 aromatic carbocycles. The summed E-state index contributed by atoms with van der Waals surface area (Å²) in [6.07, 6.45) is 1.17. The molecule has 1 aromatic rings. The molecule has 1 aliphatic rings. The first-order valence-electron chi connectivity index (χ1n) is 5.96. The molecule has 0 aromatic heterocycles. The molecular formula is C14H18O3. The number of ether oxygens (including phenoxy) is 2. The molecule has 1 unspecified atom stereocenters. The zero-order valence-electron chi connectivity index (χ0n) is 10.5. The average molecular weight is 234 g/mol. The number of esters is 1. The van der Waals surface area contributed by atoms with Crippen molar-refractivity contribution in [2.75, 3.05) is 7.11 Å². The van der Waals surface area contributed by atoms with E-state index in [0.717, 1.165) is 17.7 Å². The average Bonchev–Trinajstić information content (AvgIpc) is 2.70. The molecule has 0 aliphatic carbocycles. The number of hydrogen-bond donors (Lipinski definition) is 0. The van der Waals surface area contributed by atoms with E-state index in [1.165, 1.54) is 12.7 Å². The Hall–Kier alpha value is -1.51. The number of methoxy groups -OCH3 is 1. The molecule has 0 N–H and O–H groups in total. The molecule has 2 rings (SSSR count). The van der Waals surface area contributed by atoms with Crippen molar-refractivity contribution in [3.63, 3.8) is 0 Å². The highest BCUT2D eigenvalue weighted by atomic mass is 16.6. The van der Waals surface area contributed by atoms with Gasteiger partial charge in [0, 0.05) is 6.42 Å². The van der Waals surface area contributed by atoms with E-state index in [0.29, 0.717) is 12.3 Å². The van der Waals surface area contributed by atoms with Gasteiger partial charge in [0.25, 0.3) is 0 Å². The molecule has 1 heterocycles. The van der Waals surface area contributed by atoms with Gasteiger partial charge in [-0.1, -0.05) is 26.0 Å². The van der Waals surface area contributed by atoms with Gasteiger partial charge in [-0.2, -0.15) is 0 Å². The van der Waals surface area contributed by atoms with Crippen molar-refractivity contribution in [2.24, 2.45) is 5.92 Å². The maximum Gasteiger partial charge on any atom is 0.347 e. The van der Waals surface area contributed by atoms with Crippen LogP contribution < -0.4 is 4.74 Å². The third kappa shape index (κ3) is 2.60. The second-order valence-corrected chi connectivity index (χ2v) is 4.87. The van der Waals surface area contributed by atoms with Crippen LogP contribution in [0.25, 0.3) is 0 Å². The number of carbonyl (C=O) groups is 1. The molecule has 1 aliphatic heterocycles. The van der Waals surface area contributed by atoms with Gasteiger partial charge in [-0.25, -0.2) is 4.79 Å². The first kappa shape index (κ1) is 12.0. The third-order valence-electron chi connectivity index (χ3n) is 2.91. The Labute approximate surface area is 102 Å². The van der Waals surface area contributed by atoms with Crippen LogP contribution in [0, 0.1) is 5.92 Å². The van der Waals surface area contributed by atoms with Gasteiger partial charge < -0.3 is 9.47 Å². The minimum atomic E-state index is -0.468. The summed E-state index contributed by atoms with van der Waals surface area (Å²) in [4.78, 5) is 11.4. The van der Waals surface area contributed by atoms with Crippen molar-refractivity contribution in [3.05, 3.63) is 29.3 Å². The Morgan fingerprint density at radius 2 is 2.29 bits per heavy atom. The minimum Gasteiger partial charge on any atom is -0.478 e. The fraction of sp³-hybridized carbons (Fsp3) is 0.500. The molecule has 3 heteroatoms. The third-order valence-corrected chi connectivity index (χ3v) is 2.91. The van der Waals surface area contributed by atoms with Gasteiger partial charge in [0.05, 0.1) is 7.11 Å². The van der Waals surface area contributed by atoms with Crippen molar-refractivity contribution in [1.82, 2.24) is 0 Å². The van der Waals surface area contributed by atoms with Crippen molar-refractivity contribution < 1.29 is 14.3 Å². The number of fused-ring (bicyclic) bond motifs is 1. The monoisotopic (exact) mass is 234 g/mol. The molecule has 0 bridgehead atoms. The molecule has 3 nitrogen and oxygen atoms in total. The zero-order chi connectivity index (χ0) is 12.4. The molecule has 0 saturated heterocycles. The fourth-order valence-corrected chi connectivity index (χ4v) is 2.13. The van der Waals surface area contributed by atoms with Gasteiger partial charge in [-0.05, 0) is 29.5 Å². The summed E-state index contributed by atoms with van der Waals surface area (Å²) in [5.74, 6) is 1.15. The fourth-order valence-electron chi connectivity index (χ4n) is 2.13. The van der Waals surface area contributed by atoms with E-state index < -0.39 is 6.10 Å². The van der Waals surface area contributed by atoms with Gasteiger partial charge in [0.2, 0.25) is 0 Å². The molecule has 0 spiro atoms. The molecule has 17 heavy (non-hydrogen) atoms. The van der Waals surface area contributed by atoms with Gasteiger partial charge >= 0.3 is 5.97 Å². The van der Waals surface area contributed by atoms with Crippen LogP contribution in [0.2, 0.25) is 0 Å². The summed E-state index contributed by atoms with van der Waals surface area (Å²) < 4.78 is 10.3. The normalized spacial score (nSPS) is 17.8. The van der Waals surface area contributed by atoms with Crippen LogP contribution in [0.15, 0.2) is 18.2 Å². The summed E-state index contributed by atoms with van der Waals surface area (Å²) in [7, 11) is 1.39. The van der Waals surface area contributed by atoms with Gasteiger partial charge in [0.15, 0.2) is 6.10 Å². The number of carbonyl (C=O) groups excluding carboxylic acids is 1. The maximum absolute atomic E-state index is 11.4. The molecule has 1 atom stereocenters. The lowest BCUT2D eigenvalue weighted by Crippen LogP contribution is -2.26. The molecule has 0 radical (unpaired) electrons. The molecule has 0 amide bonds. The topological polar surface area (TPSA) is 35.5 Å². The van der Waals surface area contributed by atoms with E-state index in [4.69, 9.17) is 9.47 Å². The van der Waals surface area contributed by atoms with Crippen molar-refractivity contribution in [1.29, 1.82) is 0 Å². The molecule has 92 valence electrons. The molecule has 0 fully saturated rings. The second-order valence-electron chi connectivity index (χ2n) is 4.87. The first-order chi connectivity index (χ1) is 8.10. The van der Waals surface area contributed by atoms with E-state index >= 15 is 0 Å². The van der Waals surface area contributed by atoms with E-state index in [1.54, 1.807) is 0 Å². The van der Waals surface area contributed by atoms with Crippen LogP contribution in [-0.4, -0.2) is 19.2 Å². The predicted molar refractivity (Wildman–Crippen MR) is 65.1 cm³/mol. The van der Waals surface area contributed by atoms with E-state index in [9.17, 15) is 4.79 Å². The van der Waals surface area contributed by atoms with E-state index in [-0.39, 0.29) is 5.97 Å². The largest absolute Gasteiger partial charge is 0.478 e. The Bertz CT molecular complexity index is 423.